The van der Waals surface area contributed by atoms with Crippen LogP contribution in [-0.4, -0.2) is 16.0 Å². The molecule has 0 bridgehead atoms. The quantitative estimate of drug-likeness (QED) is 0.621. The lowest BCUT2D eigenvalue weighted by Gasteiger charge is -2.12. The van der Waals surface area contributed by atoms with Gasteiger partial charge in [-0.2, -0.15) is 0 Å². The predicted molar refractivity (Wildman–Crippen MR) is 109 cm³/mol. The summed E-state index contributed by atoms with van der Waals surface area (Å²) in [6.45, 7) is 4.20. The third-order valence-corrected chi connectivity index (χ3v) is 6.37. The number of anilines is 1. The van der Waals surface area contributed by atoms with E-state index in [0.717, 1.165) is 31.2 Å². The molecule has 140 valence electrons. The number of aromatic amines is 1. The first kappa shape index (κ1) is 17.8. The molecule has 0 radical (unpaired) electrons. The van der Waals surface area contributed by atoms with Crippen molar-refractivity contribution in [2.75, 3.05) is 5.32 Å². The van der Waals surface area contributed by atoms with Crippen LogP contribution in [0.2, 0.25) is 0 Å². The lowest BCUT2D eigenvalue weighted by atomic mass is 9.96. The second-order valence-electron chi connectivity index (χ2n) is 7.32. The molecule has 2 heterocycles. The molecule has 0 unspecified atom stereocenters. The molecule has 27 heavy (non-hydrogen) atoms. The van der Waals surface area contributed by atoms with Gasteiger partial charge >= 0.3 is 0 Å². The van der Waals surface area contributed by atoms with Gasteiger partial charge in [-0.15, -0.1) is 11.3 Å². The van der Waals surface area contributed by atoms with Crippen molar-refractivity contribution in [3.05, 3.63) is 56.2 Å². The number of hydrogen-bond donors (Lipinski definition) is 3. The Hall–Kier alpha value is -2.60. The smallest absolute Gasteiger partial charge is 0.265 e. The van der Waals surface area contributed by atoms with Crippen LogP contribution in [0.25, 0.3) is 10.2 Å². The number of nitrogens with one attached hydrogen (secondary N) is 2. The zero-order valence-electron chi connectivity index (χ0n) is 15.4. The first-order chi connectivity index (χ1) is 13.0. The molecule has 1 aliphatic carbocycles. The van der Waals surface area contributed by atoms with Crippen molar-refractivity contribution in [2.45, 2.75) is 45.4 Å². The van der Waals surface area contributed by atoms with Crippen LogP contribution in [0, 0.1) is 0 Å². The Bertz CT molecular complexity index is 1080. The summed E-state index contributed by atoms with van der Waals surface area (Å²) in [5, 5.41) is 14.1. The third-order valence-electron chi connectivity index (χ3n) is 5.16. The second-order valence-corrected chi connectivity index (χ2v) is 8.43. The molecule has 0 spiro atoms. The maximum Gasteiger partial charge on any atom is 0.265 e. The van der Waals surface area contributed by atoms with E-state index in [1.807, 2.05) is 24.3 Å². The van der Waals surface area contributed by atoms with Crippen LogP contribution in [0.5, 0.6) is 5.75 Å². The van der Waals surface area contributed by atoms with Crippen LogP contribution in [-0.2, 0) is 12.8 Å². The van der Waals surface area contributed by atoms with Gasteiger partial charge in [-0.25, -0.2) is 0 Å². The Morgan fingerprint density at radius 3 is 2.59 bits per heavy atom. The molecule has 3 N–H and O–H groups in total. The van der Waals surface area contributed by atoms with Gasteiger partial charge in [-0.3, -0.25) is 9.59 Å². The molecule has 2 aromatic heterocycles. The number of aromatic nitrogens is 1. The first-order valence-electron chi connectivity index (χ1n) is 9.26. The molecule has 6 heteroatoms. The van der Waals surface area contributed by atoms with E-state index in [9.17, 15) is 14.7 Å². The van der Waals surface area contributed by atoms with Crippen LogP contribution >= 0.6 is 11.3 Å². The van der Waals surface area contributed by atoms with E-state index >= 15 is 0 Å². The second kappa shape index (κ2) is 6.85. The van der Waals surface area contributed by atoms with Crippen LogP contribution in [0.4, 0.5) is 5.69 Å². The molecule has 5 nitrogen and oxygen atoms in total. The van der Waals surface area contributed by atoms with Crippen LogP contribution in [0.15, 0.2) is 29.1 Å². The highest BCUT2D eigenvalue weighted by molar-refractivity contribution is 7.18. The maximum atomic E-state index is 12.7. The highest BCUT2D eigenvalue weighted by atomic mass is 32.1. The minimum Gasteiger partial charge on any atom is -0.506 e. The average molecular weight is 382 g/mol. The predicted octanol–water partition coefficient (Wildman–Crippen LogP) is 4.55. The number of rotatable bonds is 3. The van der Waals surface area contributed by atoms with Crippen molar-refractivity contribution in [3.8, 4) is 5.75 Å². The van der Waals surface area contributed by atoms with Gasteiger partial charge in [-0.05, 0) is 54.9 Å². The summed E-state index contributed by atoms with van der Waals surface area (Å²) in [6, 6.07) is 7.51. The maximum absolute atomic E-state index is 12.7. The summed E-state index contributed by atoms with van der Waals surface area (Å²) >= 11 is 1.51. The molecule has 0 saturated heterocycles. The number of aromatic hydroxyl groups is 1. The van der Waals surface area contributed by atoms with Gasteiger partial charge in [0.05, 0.1) is 5.39 Å². The fourth-order valence-electron chi connectivity index (χ4n) is 3.66. The van der Waals surface area contributed by atoms with Gasteiger partial charge in [0, 0.05) is 10.6 Å². The highest BCUT2D eigenvalue weighted by Gasteiger charge is 2.25. The Morgan fingerprint density at radius 1 is 1.19 bits per heavy atom. The molecule has 3 aromatic rings. The van der Waals surface area contributed by atoms with E-state index in [4.69, 9.17) is 0 Å². The van der Waals surface area contributed by atoms with Gasteiger partial charge in [0.1, 0.15) is 16.1 Å². The van der Waals surface area contributed by atoms with Crippen LogP contribution in [0.1, 0.15) is 59.0 Å². The SMILES string of the molecule is CC(C)c1ccc(NC(=O)c2c(O)c3c4c(sc3[nH]c2=O)CCCC4)cc1. The van der Waals surface area contributed by atoms with Crippen molar-refractivity contribution in [1.29, 1.82) is 0 Å². The topological polar surface area (TPSA) is 82.2 Å². The number of fused-ring (bicyclic) bond motifs is 3. The zero-order valence-corrected chi connectivity index (χ0v) is 16.2. The largest absolute Gasteiger partial charge is 0.506 e. The fraction of sp³-hybridized carbons (Fsp3) is 0.333. The normalized spacial score (nSPS) is 13.7. The highest BCUT2D eigenvalue weighted by Crippen LogP contribution is 2.40. The summed E-state index contributed by atoms with van der Waals surface area (Å²) in [6.07, 6.45) is 4.00. The summed E-state index contributed by atoms with van der Waals surface area (Å²) in [5.74, 6) is -0.401. The minimum absolute atomic E-state index is 0.204. The monoisotopic (exact) mass is 382 g/mol. The summed E-state index contributed by atoms with van der Waals surface area (Å²) < 4.78 is 0. The van der Waals surface area contributed by atoms with Gasteiger partial charge in [-0.1, -0.05) is 26.0 Å². The number of thiophene rings is 1. The molecule has 0 fully saturated rings. The third kappa shape index (κ3) is 3.14. The van der Waals surface area contributed by atoms with Crippen molar-refractivity contribution in [1.82, 2.24) is 4.98 Å². The molecule has 1 amide bonds. The number of carbonyl (C=O) groups is 1. The molecule has 1 aromatic carbocycles. The van der Waals surface area contributed by atoms with Gasteiger partial charge < -0.3 is 15.4 Å². The standard InChI is InChI=1S/C21H22N2O3S/c1-11(2)12-7-9-13(10-8-12)22-19(25)17-18(24)16-14-5-3-4-6-15(14)27-21(16)23-20(17)26/h7-11H,3-6H2,1-2H3,(H,22,25)(H2,23,24,26). The van der Waals surface area contributed by atoms with Crippen molar-refractivity contribution >= 4 is 33.1 Å². The van der Waals surface area contributed by atoms with Crippen LogP contribution in [0.3, 0.4) is 0 Å². The molecule has 0 atom stereocenters. The number of H-pyrrole nitrogens is 1. The lowest BCUT2D eigenvalue weighted by Crippen LogP contribution is -2.23. The molecule has 0 saturated carbocycles. The van der Waals surface area contributed by atoms with Gasteiger partial charge in [0.2, 0.25) is 0 Å². The number of amides is 1. The lowest BCUT2D eigenvalue weighted by molar-refractivity contribution is 0.102. The molecule has 1 aliphatic rings. The number of benzene rings is 1. The summed E-state index contributed by atoms with van der Waals surface area (Å²) in [5.41, 5.74) is 2.05. The Kier molecular flexibility index (Phi) is 4.52. The zero-order chi connectivity index (χ0) is 19.1. The number of aryl methyl sites for hydroxylation is 2. The molecule has 0 aliphatic heterocycles. The first-order valence-corrected chi connectivity index (χ1v) is 10.1. The van der Waals surface area contributed by atoms with E-state index in [0.29, 0.717) is 21.8 Å². The van der Waals surface area contributed by atoms with Crippen molar-refractivity contribution < 1.29 is 9.90 Å². The summed E-state index contributed by atoms with van der Waals surface area (Å²) in [4.78, 5) is 29.8. The van der Waals surface area contributed by atoms with Gasteiger partial charge in [0.25, 0.3) is 11.5 Å². The molecular formula is C21H22N2O3S. The Morgan fingerprint density at radius 2 is 1.89 bits per heavy atom. The van der Waals surface area contributed by atoms with E-state index in [2.05, 4.69) is 24.1 Å². The fourth-order valence-corrected chi connectivity index (χ4v) is 4.94. The minimum atomic E-state index is -0.594. The van der Waals surface area contributed by atoms with Gasteiger partial charge in [0.15, 0.2) is 0 Å². The van der Waals surface area contributed by atoms with E-state index in [-0.39, 0.29) is 11.3 Å². The molecular weight excluding hydrogens is 360 g/mol. The number of carbonyl (C=O) groups excluding carboxylic acids is 1. The number of hydrogen-bond acceptors (Lipinski definition) is 4. The van der Waals surface area contributed by atoms with Crippen molar-refractivity contribution in [2.24, 2.45) is 0 Å². The Labute approximate surface area is 161 Å². The summed E-state index contributed by atoms with van der Waals surface area (Å²) in [7, 11) is 0. The Balaban J connectivity index is 1.72. The van der Waals surface area contributed by atoms with Crippen molar-refractivity contribution in [3.63, 3.8) is 0 Å². The van der Waals surface area contributed by atoms with E-state index in [1.54, 1.807) is 0 Å². The average Bonchev–Trinajstić information content (AvgIpc) is 3.00. The van der Waals surface area contributed by atoms with E-state index in [1.165, 1.54) is 21.8 Å². The molecule has 4 rings (SSSR count). The van der Waals surface area contributed by atoms with Crippen LogP contribution < -0.4 is 10.9 Å². The van der Waals surface area contributed by atoms with E-state index < -0.39 is 11.5 Å². The number of pyridine rings is 1.